The number of hydrogen-bond donors (Lipinski definition) is 0. The van der Waals surface area contributed by atoms with Crippen LogP contribution in [0.5, 0.6) is 17.2 Å². The van der Waals surface area contributed by atoms with Crippen molar-refractivity contribution in [2.75, 3.05) is 33.9 Å². The molecule has 1 heterocycles. The van der Waals surface area contributed by atoms with E-state index in [1.807, 2.05) is 4.90 Å². The minimum atomic E-state index is 0.0271. The van der Waals surface area contributed by atoms with Crippen LogP contribution in [0, 0.1) is 0 Å². The third-order valence-corrected chi connectivity index (χ3v) is 3.15. The average Bonchev–Trinajstić information content (AvgIpc) is 2.98. The predicted molar refractivity (Wildman–Crippen MR) is 70.9 cm³/mol. The third-order valence-electron chi connectivity index (χ3n) is 3.15. The molecule has 0 saturated carbocycles. The highest BCUT2D eigenvalue weighted by Crippen LogP contribution is 2.27. The van der Waals surface area contributed by atoms with Crippen LogP contribution in [0.4, 0.5) is 0 Å². The van der Waals surface area contributed by atoms with Gasteiger partial charge in [0.15, 0.2) is 6.61 Å². The van der Waals surface area contributed by atoms with Gasteiger partial charge >= 0.3 is 0 Å². The van der Waals surface area contributed by atoms with Gasteiger partial charge in [-0.15, -0.1) is 0 Å². The zero-order valence-corrected chi connectivity index (χ0v) is 11.3. The normalized spacial score (nSPS) is 14.3. The summed E-state index contributed by atoms with van der Waals surface area (Å²) in [6.45, 7) is 1.73. The van der Waals surface area contributed by atoms with Gasteiger partial charge in [-0.25, -0.2) is 0 Å². The van der Waals surface area contributed by atoms with Crippen molar-refractivity contribution in [2.24, 2.45) is 0 Å². The minimum Gasteiger partial charge on any atom is -0.496 e. The summed E-state index contributed by atoms with van der Waals surface area (Å²) in [7, 11) is 3.15. The van der Waals surface area contributed by atoms with Gasteiger partial charge in [0.2, 0.25) is 0 Å². The number of carbonyl (C=O) groups excluding carboxylic acids is 1. The summed E-state index contributed by atoms with van der Waals surface area (Å²) in [4.78, 5) is 13.7. The van der Waals surface area contributed by atoms with Gasteiger partial charge in [-0.1, -0.05) is 0 Å². The molecule has 1 aromatic carbocycles. The quantitative estimate of drug-likeness (QED) is 0.813. The Morgan fingerprint density at radius 1 is 1.05 bits per heavy atom. The Morgan fingerprint density at radius 3 is 2.11 bits per heavy atom. The summed E-state index contributed by atoms with van der Waals surface area (Å²) in [6, 6.07) is 5.23. The van der Waals surface area contributed by atoms with Gasteiger partial charge < -0.3 is 19.1 Å². The molecule has 2 rings (SSSR count). The van der Waals surface area contributed by atoms with Gasteiger partial charge in [0.25, 0.3) is 5.91 Å². The van der Waals surface area contributed by atoms with Crippen LogP contribution < -0.4 is 14.2 Å². The van der Waals surface area contributed by atoms with Gasteiger partial charge in [0.1, 0.15) is 17.2 Å². The zero-order valence-electron chi connectivity index (χ0n) is 11.3. The minimum absolute atomic E-state index is 0.0271. The number of hydrogen-bond acceptors (Lipinski definition) is 4. The molecule has 1 amide bonds. The molecule has 5 nitrogen and oxygen atoms in total. The van der Waals surface area contributed by atoms with Crippen molar-refractivity contribution in [3.63, 3.8) is 0 Å². The van der Waals surface area contributed by atoms with E-state index in [1.165, 1.54) is 0 Å². The zero-order chi connectivity index (χ0) is 13.7. The average molecular weight is 265 g/mol. The fourth-order valence-electron chi connectivity index (χ4n) is 2.07. The van der Waals surface area contributed by atoms with E-state index in [-0.39, 0.29) is 12.5 Å². The Balaban J connectivity index is 1.96. The van der Waals surface area contributed by atoms with E-state index in [4.69, 9.17) is 14.2 Å². The van der Waals surface area contributed by atoms with Crippen LogP contribution in [0.1, 0.15) is 12.8 Å². The number of benzene rings is 1. The Hall–Kier alpha value is -1.91. The van der Waals surface area contributed by atoms with Gasteiger partial charge in [-0.2, -0.15) is 0 Å². The van der Waals surface area contributed by atoms with E-state index in [0.717, 1.165) is 25.9 Å². The second kappa shape index (κ2) is 6.31. The SMILES string of the molecule is COc1cc(OC)cc(OCC(=O)N2CCCC2)c1. The van der Waals surface area contributed by atoms with Crippen molar-refractivity contribution >= 4 is 5.91 Å². The molecule has 5 heteroatoms. The van der Waals surface area contributed by atoms with E-state index >= 15 is 0 Å². The lowest BCUT2D eigenvalue weighted by Crippen LogP contribution is -2.32. The molecule has 0 aliphatic carbocycles. The summed E-state index contributed by atoms with van der Waals surface area (Å²) in [6.07, 6.45) is 2.16. The number of methoxy groups -OCH3 is 2. The molecule has 0 bridgehead atoms. The van der Waals surface area contributed by atoms with E-state index in [1.54, 1.807) is 32.4 Å². The van der Waals surface area contributed by atoms with Crippen molar-refractivity contribution in [2.45, 2.75) is 12.8 Å². The molecule has 1 aliphatic rings. The van der Waals surface area contributed by atoms with E-state index in [9.17, 15) is 4.79 Å². The van der Waals surface area contributed by atoms with Gasteiger partial charge in [0, 0.05) is 31.3 Å². The number of carbonyl (C=O) groups is 1. The highest BCUT2D eigenvalue weighted by Gasteiger charge is 2.18. The smallest absolute Gasteiger partial charge is 0.260 e. The molecule has 104 valence electrons. The van der Waals surface area contributed by atoms with Gasteiger partial charge in [-0.3, -0.25) is 4.79 Å². The lowest BCUT2D eigenvalue weighted by atomic mass is 10.3. The number of nitrogens with zero attached hydrogens (tertiary/aromatic N) is 1. The molecule has 1 aromatic rings. The first-order valence-corrected chi connectivity index (χ1v) is 6.36. The van der Waals surface area contributed by atoms with Crippen molar-refractivity contribution < 1.29 is 19.0 Å². The molecular formula is C14H19NO4. The Bertz CT molecular complexity index is 419. The molecule has 1 aliphatic heterocycles. The van der Waals surface area contributed by atoms with E-state index in [2.05, 4.69) is 0 Å². The number of ether oxygens (including phenoxy) is 3. The number of amides is 1. The first-order chi connectivity index (χ1) is 9.22. The second-order valence-corrected chi connectivity index (χ2v) is 4.42. The fourth-order valence-corrected chi connectivity index (χ4v) is 2.07. The molecule has 0 unspecified atom stereocenters. The molecule has 19 heavy (non-hydrogen) atoms. The van der Waals surface area contributed by atoms with Crippen LogP contribution >= 0.6 is 0 Å². The Morgan fingerprint density at radius 2 is 1.58 bits per heavy atom. The molecule has 0 atom stereocenters. The van der Waals surface area contributed by atoms with Crippen LogP contribution in [0.25, 0.3) is 0 Å². The summed E-state index contributed by atoms with van der Waals surface area (Å²) >= 11 is 0. The molecule has 1 fully saturated rings. The highest BCUT2D eigenvalue weighted by atomic mass is 16.5. The Kier molecular flexibility index (Phi) is 4.49. The standard InChI is InChI=1S/C14H19NO4/c1-17-11-7-12(18-2)9-13(8-11)19-10-14(16)15-5-3-4-6-15/h7-9H,3-6,10H2,1-2H3. The van der Waals surface area contributed by atoms with Crippen molar-refractivity contribution in [1.82, 2.24) is 4.90 Å². The summed E-state index contributed by atoms with van der Waals surface area (Å²) in [5, 5.41) is 0. The fraction of sp³-hybridized carbons (Fsp3) is 0.500. The molecule has 0 spiro atoms. The van der Waals surface area contributed by atoms with Crippen LogP contribution in [0.2, 0.25) is 0 Å². The van der Waals surface area contributed by atoms with Crippen LogP contribution in [0.3, 0.4) is 0 Å². The van der Waals surface area contributed by atoms with E-state index < -0.39 is 0 Å². The maximum Gasteiger partial charge on any atom is 0.260 e. The van der Waals surface area contributed by atoms with Crippen molar-refractivity contribution in [3.8, 4) is 17.2 Å². The molecular weight excluding hydrogens is 246 g/mol. The first kappa shape index (κ1) is 13.5. The molecule has 0 N–H and O–H groups in total. The van der Waals surface area contributed by atoms with Gasteiger partial charge in [-0.05, 0) is 12.8 Å². The number of rotatable bonds is 5. The van der Waals surface area contributed by atoms with Gasteiger partial charge in [0.05, 0.1) is 14.2 Å². The topological polar surface area (TPSA) is 48.0 Å². The predicted octanol–water partition coefficient (Wildman–Crippen LogP) is 1.70. The molecule has 1 saturated heterocycles. The lowest BCUT2D eigenvalue weighted by molar-refractivity contribution is -0.132. The summed E-state index contributed by atoms with van der Waals surface area (Å²) in [5.74, 6) is 1.88. The maximum atomic E-state index is 11.9. The first-order valence-electron chi connectivity index (χ1n) is 6.36. The van der Waals surface area contributed by atoms with Crippen molar-refractivity contribution in [1.29, 1.82) is 0 Å². The lowest BCUT2D eigenvalue weighted by Gasteiger charge is -2.16. The van der Waals surface area contributed by atoms with Crippen molar-refractivity contribution in [3.05, 3.63) is 18.2 Å². The third kappa shape index (κ3) is 3.53. The Labute approximate surface area is 113 Å². The summed E-state index contributed by atoms with van der Waals surface area (Å²) in [5.41, 5.74) is 0. The maximum absolute atomic E-state index is 11.9. The highest BCUT2D eigenvalue weighted by molar-refractivity contribution is 5.78. The van der Waals surface area contributed by atoms with Crippen LogP contribution in [-0.4, -0.2) is 44.7 Å². The van der Waals surface area contributed by atoms with Crippen LogP contribution in [-0.2, 0) is 4.79 Å². The molecule has 0 aromatic heterocycles. The second-order valence-electron chi connectivity index (χ2n) is 4.42. The largest absolute Gasteiger partial charge is 0.496 e. The number of likely N-dealkylation sites (tertiary alicyclic amines) is 1. The van der Waals surface area contributed by atoms with E-state index in [0.29, 0.717) is 17.2 Å². The van der Waals surface area contributed by atoms with Crippen LogP contribution in [0.15, 0.2) is 18.2 Å². The summed E-state index contributed by atoms with van der Waals surface area (Å²) < 4.78 is 15.8. The molecule has 0 radical (unpaired) electrons. The monoisotopic (exact) mass is 265 g/mol.